The van der Waals surface area contributed by atoms with Gasteiger partial charge >= 0.3 is 0 Å². The molecule has 4 nitrogen and oxygen atoms in total. The smallest absolute Gasteiger partial charge is 0.290 e. The standard InChI is InChI=1S/C8H10NO3P/c1-13(11,12)9-8(10)7-5-3-2-4-6-7/h2-6H,1H3,(H2,9,10,11,12). The van der Waals surface area contributed by atoms with E-state index in [1.165, 1.54) is 0 Å². The minimum absolute atomic E-state index is 0.374. The van der Waals surface area contributed by atoms with Crippen LogP contribution in [0.15, 0.2) is 30.3 Å². The van der Waals surface area contributed by atoms with Crippen LogP contribution in [0.25, 0.3) is 0 Å². The average molecular weight is 199 g/mol. The van der Waals surface area contributed by atoms with Crippen molar-refractivity contribution in [1.29, 1.82) is 0 Å². The second-order valence-electron chi connectivity index (χ2n) is 2.69. The van der Waals surface area contributed by atoms with Gasteiger partial charge in [0.2, 0.25) is 0 Å². The number of nitrogens with one attached hydrogen (secondary N) is 1. The monoisotopic (exact) mass is 199 g/mol. The lowest BCUT2D eigenvalue weighted by atomic mass is 10.2. The first-order valence-electron chi connectivity index (χ1n) is 3.67. The molecule has 1 amide bonds. The van der Waals surface area contributed by atoms with E-state index in [9.17, 15) is 9.36 Å². The largest absolute Gasteiger partial charge is 0.329 e. The van der Waals surface area contributed by atoms with Crippen molar-refractivity contribution >= 4 is 13.4 Å². The van der Waals surface area contributed by atoms with Gasteiger partial charge in [0.25, 0.3) is 13.4 Å². The highest BCUT2D eigenvalue weighted by Gasteiger charge is 2.14. The zero-order valence-electron chi connectivity index (χ0n) is 7.10. The number of carbonyl (C=O) groups excluding carboxylic acids is 1. The summed E-state index contributed by atoms with van der Waals surface area (Å²) in [6.07, 6.45) is 0. The highest BCUT2D eigenvalue weighted by atomic mass is 31.2. The van der Waals surface area contributed by atoms with Crippen molar-refractivity contribution in [2.24, 2.45) is 0 Å². The van der Waals surface area contributed by atoms with Crippen molar-refractivity contribution in [2.45, 2.75) is 0 Å². The van der Waals surface area contributed by atoms with Gasteiger partial charge in [-0.05, 0) is 12.1 Å². The molecule has 0 fully saturated rings. The van der Waals surface area contributed by atoms with Gasteiger partial charge in [0.1, 0.15) is 0 Å². The summed E-state index contributed by atoms with van der Waals surface area (Å²) in [5, 5.41) is 2.01. The molecule has 0 saturated heterocycles. The van der Waals surface area contributed by atoms with E-state index in [1.54, 1.807) is 30.3 Å². The molecule has 1 aromatic rings. The van der Waals surface area contributed by atoms with Crippen LogP contribution in [-0.4, -0.2) is 17.5 Å². The second-order valence-corrected chi connectivity index (χ2v) is 4.67. The molecule has 13 heavy (non-hydrogen) atoms. The number of hydrogen-bond donors (Lipinski definition) is 2. The van der Waals surface area contributed by atoms with Gasteiger partial charge in [-0.1, -0.05) is 18.2 Å². The molecule has 0 aliphatic heterocycles. The Morgan fingerprint density at radius 3 is 2.38 bits per heavy atom. The summed E-state index contributed by atoms with van der Waals surface area (Å²) >= 11 is 0. The predicted molar refractivity (Wildman–Crippen MR) is 49.7 cm³/mol. The molecule has 70 valence electrons. The normalized spacial score (nSPS) is 14.6. The predicted octanol–water partition coefficient (Wildman–Crippen LogP) is 1.23. The Balaban J connectivity index is 2.76. The zero-order chi connectivity index (χ0) is 9.90. The van der Waals surface area contributed by atoms with E-state index in [0.717, 1.165) is 6.66 Å². The maximum absolute atomic E-state index is 11.2. The summed E-state index contributed by atoms with van der Waals surface area (Å²) in [5.74, 6) is -0.533. The zero-order valence-corrected chi connectivity index (χ0v) is 7.99. The van der Waals surface area contributed by atoms with Crippen LogP contribution in [0.1, 0.15) is 10.4 Å². The van der Waals surface area contributed by atoms with Crippen LogP contribution in [0.5, 0.6) is 0 Å². The maximum atomic E-state index is 11.2. The topological polar surface area (TPSA) is 66.4 Å². The van der Waals surface area contributed by atoms with E-state index < -0.39 is 13.4 Å². The van der Waals surface area contributed by atoms with Crippen molar-refractivity contribution in [1.82, 2.24) is 5.09 Å². The van der Waals surface area contributed by atoms with E-state index in [0.29, 0.717) is 5.56 Å². The SMILES string of the molecule is CP(=O)(O)NC(=O)c1ccccc1. The first-order chi connectivity index (χ1) is 5.99. The Labute approximate surface area is 76.1 Å². The van der Waals surface area contributed by atoms with Crippen molar-refractivity contribution in [3.8, 4) is 0 Å². The van der Waals surface area contributed by atoms with E-state index in [4.69, 9.17) is 4.89 Å². The van der Waals surface area contributed by atoms with Gasteiger partial charge in [-0.2, -0.15) is 0 Å². The first-order valence-corrected chi connectivity index (χ1v) is 5.77. The molecule has 1 aromatic carbocycles. The number of amides is 1. The Morgan fingerprint density at radius 2 is 1.92 bits per heavy atom. The van der Waals surface area contributed by atoms with E-state index in [-0.39, 0.29) is 0 Å². The fraction of sp³-hybridized carbons (Fsp3) is 0.125. The third kappa shape index (κ3) is 3.40. The summed E-state index contributed by atoms with van der Waals surface area (Å²) < 4.78 is 10.8. The Kier molecular flexibility index (Phi) is 2.86. The molecule has 0 saturated carbocycles. The third-order valence-corrected chi connectivity index (χ3v) is 1.96. The Morgan fingerprint density at radius 1 is 1.38 bits per heavy atom. The van der Waals surface area contributed by atoms with Gasteiger partial charge in [0, 0.05) is 12.2 Å². The van der Waals surface area contributed by atoms with Crippen LogP contribution in [0.2, 0.25) is 0 Å². The molecule has 1 unspecified atom stereocenters. The molecular formula is C8H10NO3P. The molecule has 0 bridgehead atoms. The molecule has 5 heteroatoms. The minimum Gasteiger partial charge on any atom is -0.329 e. The highest BCUT2D eigenvalue weighted by molar-refractivity contribution is 7.55. The molecule has 0 aromatic heterocycles. The van der Waals surface area contributed by atoms with Crippen molar-refractivity contribution in [2.75, 3.05) is 6.66 Å². The van der Waals surface area contributed by atoms with E-state index in [2.05, 4.69) is 0 Å². The summed E-state index contributed by atoms with van der Waals surface area (Å²) in [4.78, 5) is 20.1. The second kappa shape index (κ2) is 3.73. The average Bonchev–Trinajstić information content (AvgIpc) is 2.03. The molecular weight excluding hydrogens is 189 g/mol. The summed E-state index contributed by atoms with van der Waals surface area (Å²) in [6.45, 7) is 1.08. The van der Waals surface area contributed by atoms with Gasteiger partial charge in [0.05, 0.1) is 0 Å². The van der Waals surface area contributed by atoms with Gasteiger partial charge in [-0.25, -0.2) is 0 Å². The summed E-state index contributed by atoms with van der Waals surface area (Å²) in [5.41, 5.74) is 0.374. The molecule has 1 atom stereocenters. The lowest BCUT2D eigenvalue weighted by Gasteiger charge is -2.07. The van der Waals surface area contributed by atoms with Crippen molar-refractivity contribution in [3.05, 3.63) is 35.9 Å². The molecule has 0 aliphatic carbocycles. The van der Waals surface area contributed by atoms with Crippen LogP contribution >= 0.6 is 7.52 Å². The summed E-state index contributed by atoms with van der Waals surface area (Å²) in [6, 6.07) is 8.29. The fourth-order valence-electron chi connectivity index (χ4n) is 0.842. The maximum Gasteiger partial charge on any atom is 0.290 e. The molecule has 1 rings (SSSR count). The lowest BCUT2D eigenvalue weighted by Crippen LogP contribution is -2.19. The Bertz CT molecular complexity index is 344. The molecule has 0 spiro atoms. The van der Waals surface area contributed by atoms with Crippen molar-refractivity contribution in [3.63, 3.8) is 0 Å². The Hall–Kier alpha value is -1.12. The number of benzene rings is 1. The molecule has 0 aliphatic rings. The van der Waals surface area contributed by atoms with Gasteiger partial charge < -0.3 is 4.89 Å². The van der Waals surface area contributed by atoms with Crippen LogP contribution < -0.4 is 5.09 Å². The first kappa shape index (κ1) is 9.96. The highest BCUT2D eigenvalue weighted by Crippen LogP contribution is 2.29. The molecule has 2 N–H and O–H groups in total. The van der Waals surface area contributed by atoms with Gasteiger partial charge in [-0.15, -0.1) is 0 Å². The quantitative estimate of drug-likeness (QED) is 0.704. The van der Waals surface area contributed by atoms with Crippen LogP contribution in [0, 0.1) is 0 Å². The lowest BCUT2D eigenvalue weighted by molar-refractivity contribution is 0.0977. The van der Waals surface area contributed by atoms with E-state index >= 15 is 0 Å². The molecule has 0 radical (unpaired) electrons. The van der Waals surface area contributed by atoms with Crippen molar-refractivity contribution < 1.29 is 14.3 Å². The van der Waals surface area contributed by atoms with Crippen LogP contribution in [0.4, 0.5) is 0 Å². The van der Waals surface area contributed by atoms with Crippen LogP contribution in [-0.2, 0) is 4.57 Å². The van der Waals surface area contributed by atoms with E-state index in [1.807, 2.05) is 5.09 Å². The minimum atomic E-state index is -3.49. The number of carbonyl (C=O) groups is 1. The third-order valence-electron chi connectivity index (χ3n) is 1.34. The molecule has 0 heterocycles. The van der Waals surface area contributed by atoms with Crippen LogP contribution in [0.3, 0.4) is 0 Å². The van der Waals surface area contributed by atoms with Gasteiger partial charge in [-0.3, -0.25) is 14.4 Å². The van der Waals surface area contributed by atoms with Gasteiger partial charge in [0.15, 0.2) is 0 Å². The summed E-state index contributed by atoms with van der Waals surface area (Å²) in [7, 11) is -3.49. The fourth-order valence-corrected chi connectivity index (χ4v) is 1.35. The number of rotatable bonds is 2. The number of hydrogen-bond acceptors (Lipinski definition) is 2.